The van der Waals surface area contributed by atoms with E-state index in [-0.39, 0.29) is 23.9 Å². The Labute approximate surface area is 243 Å². The van der Waals surface area contributed by atoms with Gasteiger partial charge in [0.2, 0.25) is 5.95 Å². The minimum atomic E-state index is -4.84. The van der Waals surface area contributed by atoms with Crippen LogP contribution in [0.1, 0.15) is 34.5 Å². The molecule has 3 aromatic heterocycles. The molecule has 4 aromatic rings. The molecule has 0 radical (unpaired) electrons. The van der Waals surface area contributed by atoms with Crippen molar-refractivity contribution >= 4 is 36.6 Å². The molecule has 0 atom stereocenters. The molecule has 3 heterocycles. The van der Waals surface area contributed by atoms with Gasteiger partial charge >= 0.3 is 13.8 Å². The average Bonchev–Trinajstić information content (AvgIpc) is 3.42. The highest BCUT2D eigenvalue weighted by Crippen LogP contribution is 2.39. The Kier molecular flexibility index (Phi) is 9.76. The van der Waals surface area contributed by atoms with Gasteiger partial charge in [0.05, 0.1) is 23.7 Å². The largest absolute Gasteiger partial charge is 0.421 e. The standard InChI is InChI=1S/C26H28F3N8O5P/c1-30-24(39)22-21(9-8-20(34-22)17-12-32-37(14-17)10-2-3-11-38)35-23-19(26(27,28)29)13-31-25(36-23)33-18-6-4-16(5-7-18)15-43(40,41)42/h4-9,12-14,38H,2-3,10-11,15H2,1H3,(H,30,39)(H2,40,41,42)(H2,31,33,35,36). The lowest BCUT2D eigenvalue weighted by Gasteiger charge is -2.16. The molecule has 0 bridgehead atoms. The Hall–Kier alpha value is -4.37. The van der Waals surface area contributed by atoms with E-state index in [9.17, 15) is 22.5 Å². The molecule has 43 heavy (non-hydrogen) atoms. The highest BCUT2D eigenvalue weighted by Gasteiger charge is 2.36. The summed E-state index contributed by atoms with van der Waals surface area (Å²) in [5.41, 5.74) is 0.240. The van der Waals surface area contributed by atoms with Gasteiger partial charge in [-0.2, -0.15) is 23.3 Å². The lowest BCUT2D eigenvalue weighted by Crippen LogP contribution is -2.21. The fraction of sp³-hybridized carbons (Fsp3) is 0.269. The number of rotatable bonds is 12. The quantitative estimate of drug-likeness (QED) is 0.0991. The van der Waals surface area contributed by atoms with Crippen LogP contribution in [-0.4, -0.2) is 59.2 Å². The number of halogens is 3. The Bertz CT molecular complexity index is 1630. The zero-order valence-electron chi connectivity index (χ0n) is 22.7. The molecule has 0 spiro atoms. The molecule has 0 aliphatic carbocycles. The summed E-state index contributed by atoms with van der Waals surface area (Å²) in [7, 11) is -2.92. The van der Waals surface area contributed by atoms with Crippen molar-refractivity contribution in [2.45, 2.75) is 31.7 Å². The summed E-state index contributed by atoms with van der Waals surface area (Å²) < 4.78 is 54.6. The third-order valence-corrected chi connectivity index (χ3v) is 6.78. The minimum Gasteiger partial charge on any atom is -0.396 e. The van der Waals surface area contributed by atoms with Gasteiger partial charge in [-0.3, -0.25) is 14.0 Å². The van der Waals surface area contributed by atoms with Crippen molar-refractivity contribution in [1.29, 1.82) is 0 Å². The van der Waals surface area contributed by atoms with Crippen LogP contribution >= 0.6 is 7.60 Å². The van der Waals surface area contributed by atoms with Crippen LogP contribution in [0.25, 0.3) is 11.3 Å². The van der Waals surface area contributed by atoms with E-state index in [0.717, 1.165) is 0 Å². The van der Waals surface area contributed by atoms with Crippen LogP contribution in [0.5, 0.6) is 0 Å². The van der Waals surface area contributed by atoms with Crippen molar-refractivity contribution < 1.29 is 37.4 Å². The van der Waals surface area contributed by atoms with Gasteiger partial charge in [0, 0.05) is 43.8 Å². The zero-order chi connectivity index (χ0) is 31.2. The molecule has 0 aliphatic rings. The van der Waals surface area contributed by atoms with Crippen LogP contribution in [0, 0.1) is 0 Å². The van der Waals surface area contributed by atoms with E-state index in [2.05, 4.69) is 36.0 Å². The Balaban J connectivity index is 1.63. The number of alkyl halides is 3. The Morgan fingerprint density at radius 3 is 2.42 bits per heavy atom. The summed E-state index contributed by atoms with van der Waals surface area (Å²) in [5, 5.41) is 21.0. The fourth-order valence-corrected chi connectivity index (χ4v) is 4.64. The number of nitrogens with one attached hydrogen (secondary N) is 3. The molecule has 1 amide bonds. The number of carbonyl (C=O) groups excluding carboxylic acids is 1. The zero-order valence-corrected chi connectivity index (χ0v) is 23.6. The lowest BCUT2D eigenvalue weighted by molar-refractivity contribution is -0.137. The number of amides is 1. The Morgan fingerprint density at radius 1 is 1.02 bits per heavy atom. The first-order valence-corrected chi connectivity index (χ1v) is 14.6. The lowest BCUT2D eigenvalue weighted by atomic mass is 10.1. The number of aryl methyl sites for hydroxylation is 1. The van der Waals surface area contributed by atoms with Gasteiger partial charge in [-0.15, -0.1) is 0 Å². The SMILES string of the molecule is CNC(=O)c1nc(-c2cnn(CCCCO)c2)ccc1Nc1nc(Nc2ccc(CP(=O)(O)O)cc2)ncc1C(F)(F)F. The first kappa shape index (κ1) is 31.6. The highest BCUT2D eigenvalue weighted by atomic mass is 31.2. The van der Waals surface area contributed by atoms with Gasteiger partial charge < -0.3 is 30.8 Å². The summed E-state index contributed by atoms with van der Waals surface area (Å²) in [6, 6.07) is 8.78. The number of hydrogen-bond acceptors (Lipinski definition) is 9. The van der Waals surface area contributed by atoms with Gasteiger partial charge in [0.15, 0.2) is 5.69 Å². The van der Waals surface area contributed by atoms with Crippen LogP contribution in [-0.2, 0) is 23.4 Å². The van der Waals surface area contributed by atoms with Crippen LogP contribution in [0.4, 0.5) is 36.3 Å². The first-order chi connectivity index (χ1) is 20.4. The summed E-state index contributed by atoms with van der Waals surface area (Å²) in [6.45, 7) is 0.624. The van der Waals surface area contributed by atoms with Crippen LogP contribution < -0.4 is 16.0 Å². The molecule has 1 aromatic carbocycles. The maximum atomic E-state index is 13.9. The summed E-state index contributed by atoms with van der Waals surface area (Å²) in [5.74, 6) is -1.51. The van der Waals surface area contributed by atoms with Crippen LogP contribution in [0.3, 0.4) is 0 Å². The molecule has 4 rings (SSSR count). The third-order valence-electron chi connectivity index (χ3n) is 6.01. The smallest absolute Gasteiger partial charge is 0.396 e. The molecule has 17 heteroatoms. The maximum Gasteiger partial charge on any atom is 0.421 e. The average molecular weight is 621 g/mol. The van der Waals surface area contributed by atoms with E-state index < -0.39 is 37.2 Å². The topological polar surface area (TPSA) is 187 Å². The molecule has 0 saturated heterocycles. The van der Waals surface area contributed by atoms with E-state index in [1.807, 2.05) is 0 Å². The van der Waals surface area contributed by atoms with E-state index in [0.29, 0.717) is 48.1 Å². The molecule has 0 unspecified atom stereocenters. The number of nitrogens with zero attached hydrogens (tertiary/aromatic N) is 5. The van der Waals surface area contributed by atoms with Crippen LogP contribution in [0.15, 0.2) is 55.0 Å². The second-order valence-corrected chi connectivity index (χ2v) is 11.0. The fourth-order valence-electron chi connectivity index (χ4n) is 3.95. The minimum absolute atomic E-state index is 0.0459. The normalized spacial score (nSPS) is 11.8. The summed E-state index contributed by atoms with van der Waals surface area (Å²) >= 11 is 0. The number of pyridine rings is 1. The van der Waals surface area contributed by atoms with Gasteiger partial charge in [-0.05, 0) is 42.7 Å². The van der Waals surface area contributed by atoms with E-state index in [1.165, 1.54) is 43.4 Å². The highest BCUT2D eigenvalue weighted by molar-refractivity contribution is 7.50. The van der Waals surface area contributed by atoms with E-state index in [1.54, 1.807) is 17.1 Å². The van der Waals surface area contributed by atoms with Crippen molar-refractivity contribution in [3.05, 3.63) is 71.8 Å². The second kappa shape index (κ2) is 13.3. The van der Waals surface area contributed by atoms with Crippen molar-refractivity contribution in [3.63, 3.8) is 0 Å². The number of carbonyl (C=O) groups is 1. The van der Waals surface area contributed by atoms with E-state index >= 15 is 0 Å². The molecule has 6 N–H and O–H groups in total. The third kappa shape index (κ3) is 8.58. The Morgan fingerprint density at radius 2 is 1.77 bits per heavy atom. The number of anilines is 4. The van der Waals surface area contributed by atoms with Crippen LogP contribution in [0.2, 0.25) is 0 Å². The second-order valence-electron chi connectivity index (χ2n) is 9.32. The van der Waals surface area contributed by atoms with Gasteiger partial charge in [0.1, 0.15) is 11.4 Å². The molecule has 0 fully saturated rings. The number of aliphatic hydroxyl groups is 1. The number of unbranched alkanes of at least 4 members (excludes halogenated alkanes) is 1. The van der Waals surface area contributed by atoms with Gasteiger partial charge in [-0.1, -0.05) is 12.1 Å². The maximum absolute atomic E-state index is 13.9. The predicted molar refractivity (Wildman–Crippen MR) is 151 cm³/mol. The monoisotopic (exact) mass is 620 g/mol. The predicted octanol–water partition coefficient (Wildman–Crippen LogP) is 4.05. The number of benzene rings is 1. The van der Waals surface area contributed by atoms with Crippen molar-refractivity contribution in [2.24, 2.45) is 0 Å². The number of aliphatic hydroxyl groups excluding tert-OH is 1. The first-order valence-electron chi connectivity index (χ1n) is 12.8. The van der Waals surface area contributed by atoms with Crippen molar-refractivity contribution in [2.75, 3.05) is 24.3 Å². The molecule has 0 saturated carbocycles. The van der Waals surface area contributed by atoms with Gasteiger partial charge in [-0.25, -0.2) is 9.97 Å². The molecule has 13 nitrogen and oxygen atoms in total. The molecule has 0 aliphatic heterocycles. The summed E-state index contributed by atoms with van der Waals surface area (Å²) in [4.78, 5) is 43.1. The van der Waals surface area contributed by atoms with Crippen molar-refractivity contribution in [1.82, 2.24) is 30.0 Å². The molecular formula is C26H28F3N8O5P. The molecule has 228 valence electrons. The molecular weight excluding hydrogens is 592 g/mol. The van der Waals surface area contributed by atoms with E-state index in [4.69, 9.17) is 14.9 Å². The summed E-state index contributed by atoms with van der Waals surface area (Å²) in [6.07, 6.45) is -0.139. The van der Waals surface area contributed by atoms with Crippen molar-refractivity contribution in [3.8, 4) is 11.3 Å². The number of hydrogen-bond donors (Lipinski definition) is 6. The van der Waals surface area contributed by atoms with Gasteiger partial charge in [0.25, 0.3) is 5.91 Å². The number of aromatic nitrogens is 5.